The highest BCUT2D eigenvalue weighted by Gasteiger charge is 2.12. The number of aromatic amines is 2. The Bertz CT molecular complexity index is 752. The maximum atomic E-state index is 12.1. The van der Waals surface area contributed by atoms with E-state index in [2.05, 4.69) is 9.97 Å². The van der Waals surface area contributed by atoms with Crippen molar-refractivity contribution in [2.75, 3.05) is 0 Å². The third-order valence-electron chi connectivity index (χ3n) is 3.16. The zero-order chi connectivity index (χ0) is 13.2. The number of aldehydes is 1. The molecule has 0 aliphatic heterocycles. The number of H-pyrrole nitrogens is 2. The molecule has 0 unspecified atom stereocenters. The van der Waals surface area contributed by atoms with Crippen LogP contribution in [0.15, 0.2) is 42.6 Å². The van der Waals surface area contributed by atoms with E-state index in [0.717, 1.165) is 16.5 Å². The molecule has 0 aliphatic rings. The van der Waals surface area contributed by atoms with Crippen LogP contribution in [0, 0.1) is 0 Å². The first-order valence-electron chi connectivity index (χ1n) is 6.00. The minimum absolute atomic E-state index is 0.0298. The Labute approximate surface area is 109 Å². The van der Waals surface area contributed by atoms with Crippen LogP contribution in [0.25, 0.3) is 10.9 Å². The Morgan fingerprint density at radius 1 is 1.16 bits per heavy atom. The molecule has 2 heterocycles. The van der Waals surface area contributed by atoms with Crippen LogP contribution in [0.4, 0.5) is 0 Å². The molecule has 19 heavy (non-hydrogen) atoms. The van der Waals surface area contributed by atoms with E-state index in [1.165, 1.54) is 0 Å². The summed E-state index contributed by atoms with van der Waals surface area (Å²) in [6.07, 6.45) is 2.86. The summed E-state index contributed by atoms with van der Waals surface area (Å²) < 4.78 is 0. The van der Waals surface area contributed by atoms with E-state index in [1.807, 2.05) is 30.5 Å². The molecule has 0 aliphatic carbocycles. The van der Waals surface area contributed by atoms with Gasteiger partial charge in [0.2, 0.25) is 0 Å². The number of nitrogens with one attached hydrogen (secondary N) is 2. The van der Waals surface area contributed by atoms with Crippen molar-refractivity contribution in [3.05, 3.63) is 59.5 Å². The predicted octanol–water partition coefficient (Wildman–Crippen LogP) is 2.73. The number of ketones is 1. The van der Waals surface area contributed by atoms with Gasteiger partial charge in [-0.15, -0.1) is 0 Å². The first-order chi connectivity index (χ1) is 9.28. The van der Waals surface area contributed by atoms with Crippen LogP contribution in [0.1, 0.15) is 26.5 Å². The maximum absolute atomic E-state index is 12.1. The van der Waals surface area contributed by atoms with Crippen molar-refractivity contribution in [3.8, 4) is 0 Å². The van der Waals surface area contributed by atoms with Gasteiger partial charge < -0.3 is 9.97 Å². The van der Waals surface area contributed by atoms with Crippen LogP contribution in [0.3, 0.4) is 0 Å². The maximum Gasteiger partial charge on any atom is 0.183 e. The second kappa shape index (κ2) is 4.57. The molecular formula is C15H12N2O2. The highest BCUT2D eigenvalue weighted by molar-refractivity contribution is 5.99. The van der Waals surface area contributed by atoms with E-state index in [4.69, 9.17) is 0 Å². The number of hydrogen-bond donors (Lipinski definition) is 2. The molecule has 0 saturated heterocycles. The monoisotopic (exact) mass is 252 g/mol. The third-order valence-corrected chi connectivity index (χ3v) is 3.16. The van der Waals surface area contributed by atoms with Gasteiger partial charge >= 0.3 is 0 Å². The Balaban J connectivity index is 1.88. The number of carbonyl (C=O) groups is 2. The molecule has 4 nitrogen and oxygen atoms in total. The Kier molecular flexibility index (Phi) is 2.76. The molecule has 94 valence electrons. The summed E-state index contributed by atoms with van der Waals surface area (Å²) in [4.78, 5) is 28.6. The molecule has 0 fully saturated rings. The van der Waals surface area contributed by atoms with Gasteiger partial charge in [-0.2, -0.15) is 0 Å². The number of carbonyl (C=O) groups excluding carboxylic acids is 2. The first kappa shape index (κ1) is 11.5. The van der Waals surface area contributed by atoms with Gasteiger partial charge in [-0.25, -0.2) is 0 Å². The number of fused-ring (bicyclic) bond motifs is 1. The van der Waals surface area contributed by atoms with E-state index in [0.29, 0.717) is 24.1 Å². The molecule has 2 N–H and O–H groups in total. The lowest BCUT2D eigenvalue weighted by Gasteiger charge is -1.98. The summed E-state index contributed by atoms with van der Waals surface area (Å²) in [7, 11) is 0. The van der Waals surface area contributed by atoms with Gasteiger partial charge in [-0.05, 0) is 23.8 Å². The molecule has 0 saturated carbocycles. The molecule has 1 aromatic carbocycles. The van der Waals surface area contributed by atoms with E-state index in [9.17, 15) is 9.59 Å². The van der Waals surface area contributed by atoms with Crippen LogP contribution >= 0.6 is 0 Å². The number of hydrogen-bond acceptors (Lipinski definition) is 2. The number of benzene rings is 1. The molecule has 3 rings (SSSR count). The average molecular weight is 252 g/mol. The zero-order valence-electron chi connectivity index (χ0n) is 10.1. The van der Waals surface area contributed by atoms with Crippen molar-refractivity contribution in [1.29, 1.82) is 0 Å². The number of rotatable bonds is 4. The van der Waals surface area contributed by atoms with Crippen molar-refractivity contribution in [3.63, 3.8) is 0 Å². The third kappa shape index (κ3) is 2.08. The van der Waals surface area contributed by atoms with Gasteiger partial charge in [0.05, 0.1) is 11.4 Å². The summed E-state index contributed by atoms with van der Waals surface area (Å²) in [5.41, 5.74) is 2.86. The summed E-state index contributed by atoms with van der Waals surface area (Å²) in [6, 6.07) is 11.1. The van der Waals surface area contributed by atoms with E-state index in [-0.39, 0.29) is 5.78 Å². The van der Waals surface area contributed by atoms with Crippen molar-refractivity contribution >= 4 is 23.0 Å². The summed E-state index contributed by atoms with van der Waals surface area (Å²) >= 11 is 0. The van der Waals surface area contributed by atoms with Gasteiger partial charge in [-0.3, -0.25) is 9.59 Å². The molecule has 2 aromatic heterocycles. The molecule has 0 radical (unpaired) electrons. The van der Waals surface area contributed by atoms with Gasteiger partial charge in [0.25, 0.3) is 0 Å². The minimum atomic E-state index is -0.0298. The van der Waals surface area contributed by atoms with E-state index >= 15 is 0 Å². The first-order valence-corrected chi connectivity index (χ1v) is 6.00. The second-order valence-corrected chi connectivity index (χ2v) is 4.40. The molecule has 0 spiro atoms. The van der Waals surface area contributed by atoms with Crippen molar-refractivity contribution in [1.82, 2.24) is 9.97 Å². The lowest BCUT2D eigenvalue weighted by molar-refractivity contribution is 0.0989. The molecule has 3 aromatic rings. The molecule has 4 heteroatoms. The predicted molar refractivity (Wildman–Crippen MR) is 72.5 cm³/mol. The van der Waals surface area contributed by atoms with Crippen molar-refractivity contribution in [2.24, 2.45) is 0 Å². The van der Waals surface area contributed by atoms with Crippen LogP contribution in [0.2, 0.25) is 0 Å². The number of Topliss-reactive ketones (excluding diaryl/α,β-unsaturated/α-hetero) is 1. The zero-order valence-corrected chi connectivity index (χ0v) is 10.1. The summed E-state index contributed by atoms with van der Waals surface area (Å²) in [6.45, 7) is 0. The van der Waals surface area contributed by atoms with Crippen molar-refractivity contribution < 1.29 is 9.59 Å². The van der Waals surface area contributed by atoms with Crippen molar-refractivity contribution in [2.45, 2.75) is 6.42 Å². The molecule has 0 atom stereocenters. The van der Waals surface area contributed by atoms with Gasteiger partial charge in [-0.1, -0.05) is 18.2 Å². The lowest BCUT2D eigenvalue weighted by atomic mass is 10.1. The largest absolute Gasteiger partial charge is 0.361 e. The number of para-hydroxylation sites is 1. The smallest absolute Gasteiger partial charge is 0.183 e. The molecule has 0 amide bonds. The minimum Gasteiger partial charge on any atom is -0.361 e. The van der Waals surface area contributed by atoms with Gasteiger partial charge in [0.1, 0.15) is 0 Å². The lowest BCUT2D eigenvalue weighted by Crippen LogP contribution is -2.03. The molecular weight excluding hydrogens is 240 g/mol. The van der Waals surface area contributed by atoms with Crippen LogP contribution in [-0.4, -0.2) is 22.0 Å². The fourth-order valence-electron chi connectivity index (χ4n) is 2.19. The average Bonchev–Trinajstić information content (AvgIpc) is 3.06. The second-order valence-electron chi connectivity index (χ2n) is 4.40. The fraction of sp³-hybridized carbons (Fsp3) is 0.0667. The van der Waals surface area contributed by atoms with Crippen LogP contribution in [-0.2, 0) is 6.42 Å². The van der Waals surface area contributed by atoms with Gasteiger partial charge in [0, 0.05) is 23.5 Å². The fourth-order valence-corrected chi connectivity index (χ4v) is 2.19. The van der Waals surface area contributed by atoms with Crippen LogP contribution in [0.5, 0.6) is 0 Å². The highest BCUT2D eigenvalue weighted by atomic mass is 16.1. The Morgan fingerprint density at radius 2 is 2.00 bits per heavy atom. The number of aromatic nitrogens is 2. The topological polar surface area (TPSA) is 65.7 Å². The van der Waals surface area contributed by atoms with E-state index in [1.54, 1.807) is 12.1 Å². The summed E-state index contributed by atoms with van der Waals surface area (Å²) in [5.74, 6) is -0.0298. The van der Waals surface area contributed by atoms with E-state index < -0.39 is 0 Å². The summed E-state index contributed by atoms with van der Waals surface area (Å²) in [5, 5.41) is 1.05. The quantitative estimate of drug-likeness (QED) is 0.554. The SMILES string of the molecule is O=Cc1ccc(C(=O)Cc2c[nH]c3ccccc23)[nH]1. The standard InChI is InChI=1S/C15H12N2O2/c18-9-11-5-6-14(17-11)15(19)7-10-8-16-13-4-2-1-3-12(10)13/h1-6,8-9,16-17H,7H2. The van der Waals surface area contributed by atoms with Crippen LogP contribution < -0.4 is 0 Å². The van der Waals surface area contributed by atoms with Gasteiger partial charge in [0.15, 0.2) is 12.1 Å². The molecule has 0 bridgehead atoms. The normalized spacial score (nSPS) is 10.7. The Morgan fingerprint density at radius 3 is 2.79 bits per heavy atom. The Hall–Kier alpha value is -2.62. The highest BCUT2D eigenvalue weighted by Crippen LogP contribution is 2.19.